The number of nitrogens with one attached hydrogen (secondary N) is 1. The summed E-state index contributed by atoms with van der Waals surface area (Å²) in [4.78, 5) is 18.1. The van der Waals surface area contributed by atoms with Crippen LogP contribution in [0.25, 0.3) is 0 Å². The normalized spacial score (nSPS) is 10.4. The number of aryl methyl sites for hydroxylation is 2. The van der Waals surface area contributed by atoms with Gasteiger partial charge in [0, 0.05) is 17.8 Å². The third kappa shape index (κ3) is 3.79. The molecule has 1 amide bonds. The third-order valence-electron chi connectivity index (χ3n) is 3.59. The lowest BCUT2D eigenvalue weighted by Crippen LogP contribution is -2.26. The molecule has 1 aromatic heterocycles. The number of hydrogen-bond donors (Lipinski definition) is 1. The van der Waals surface area contributed by atoms with E-state index in [1.807, 2.05) is 13.8 Å². The Morgan fingerprint density at radius 3 is 2.38 bits per heavy atom. The summed E-state index contributed by atoms with van der Waals surface area (Å²) in [7, 11) is 4.55. The predicted octanol–water partition coefficient (Wildman–Crippen LogP) is 2.76. The topological polar surface area (TPSA) is 69.7 Å². The molecule has 0 spiro atoms. The number of carbonyl (C=O) groups excluding carboxylic acids is 1. The van der Waals surface area contributed by atoms with Crippen LogP contribution < -0.4 is 19.5 Å². The number of nitrogens with zero attached hydrogens (tertiary/aromatic N) is 1. The van der Waals surface area contributed by atoms with Crippen LogP contribution in [-0.4, -0.2) is 38.8 Å². The second-order valence-electron chi connectivity index (χ2n) is 5.13. The number of thiazole rings is 1. The third-order valence-corrected chi connectivity index (χ3v) is 4.72. The van der Waals surface area contributed by atoms with Gasteiger partial charge in [0.2, 0.25) is 5.75 Å². The zero-order valence-electron chi connectivity index (χ0n) is 14.6. The standard InChI is InChI=1S/C17H22N2O4S/c1-10-14(24-11(2)19-10)8-9-18-17(20)12-6-7-13(21-3)16(23-5)15(12)22-4/h6-7H,8-9H2,1-5H3,(H,18,20). The summed E-state index contributed by atoms with van der Waals surface area (Å²) < 4.78 is 15.9. The predicted molar refractivity (Wildman–Crippen MR) is 93.7 cm³/mol. The van der Waals surface area contributed by atoms with Gasteiger partial charge in [-0.25, -0.2) is 4.98 Å². The molecule has 0 saturated heterocycles. The number of rotatable bonds is 7. The lowest BCUT2D eigenvalue weighted by molar-refractivity contribution is 0.0950. The highest BCUT2D eigenvalue weighted by Crippen LogP contribution is 2.39. The molecule has 0 unspecified atom stereocenters. The molecular formula is C17H22N2O4S. The summed E-state index contributed by atoms with van der Waals surface area (Å²) >= 11 is 1.66. The van der Waals surface area contributed by atoms with Crippen molar-refractivity contribution in [1.29, 1.82) is 0 Å². The van der Waals surface area contributed by atoms with Crippen LogP contribution in [0.3, 0.4) is 0 Å². The summed E-state index contributed by atoms with van der Waals surface area (Å²) in [5.41, 5.74) is 1.43. The van der Waals surface area contributed by atoms with Gasteiger partial charge in [0.25, 0.3) is 5.91 Å². The summed E-state index contributed by atoms with van der Waals surface area (Å²) in [5.74, 6) is 1.06. The van der Waals surface area contributed by atoms with E-state index in [2.05, 4.69) is 10.3 Å². The molecule has 0 fully saturated rings. The lowest BCUT2D eigenvalue weighted by Gasteiger charge is -2.15. The van der Waals surface area contributed by atoms with Crippen LogP contribution in [-0.2, 0) is 6.42 Å². The van der Waals surface area contributed by atoms with Crippen molar-refractivity contribution in [3.63, 3.8) is 0 Å². The Bertz CT molecular complexity index is 728. The van der Waals surface area contributed by atoms with E-state index < -0.39 is 0 Å². The van der Waals surface area contributed by atoms with E-state index in [0.717, 1.165) is 17.1 Å². The van der Waals surface area contributed by atoms with E-state index in [9.17, 15) is 4.79 Å². The van der Waals surface area contributed by atoms with Crippen molar-refractivity contribution in [2.24, 2.45) is 0 Å². The first-order chi connectivity index (χ1) is 11.5. The number of ether oxygens (including phenoxy) is 3. The summed E-state index contributed by atoms with van der Waals surface area (Å²) in [5, 5.41) is 3.95. The SMILES string of the molecule is COc1ccc(C(=O)NCCc2sc(C)nc2C)c(OC)c1OC. The minimum atomic E-state index is -0.216. The van der Waals surface area contributed by atoms with Gasteiger partial charge in [0.15, 0.2) is 11.5 Å². The number of methoxy groups -OCH3 is 3. The van der Waals surface area contributed by atoms with Gasteiger partial charge >= 0.3 is 0 Å². The molecule has 2 aromatic rings. The first-order valence-corrected chi connectivity index (χ1v) is 8.33. The summed E-state index contributed by atoms with van der Waals surface area (Å²) in [6, 6.07) is 3.35. The van der Waals surface area contributed by atoms with Gasteiger partial charge in [0.1, 0.15) is 0 Å². The number of benzene rings is 1. The van der Waals surface area contributed by atoms with Crippen molar-refractivity contribution < 1.29 is 19.0 Å². The minimum absolute atomic E-state index is 0.216. The van der Waals surface area contributed by atoms with E-state index in [4.69, 9.17) is 14.2 Å². The Kier molecular flexibility index (Phi) is 6.03. The van der Waals surface area contributed by atoms with E-state index in [0.29, 0.717) is 29.4 Å². The fourth-order valence-electron chi connectivity index (χ4n) is 2.47. The van der Waals surface area contributed by atoms with Crippen molar-refractivity contribution in [2.75, 3.05) is 27.9 Å². The lowest BCUT2D eigenvalue weighted by atomic mass is 10.1. The molecule has 6 nitrogen and oxygen atoms in total. The first-order valence-electron chi connectivity index (χ1n) is 7.51. The molecule has 7 heteroatoms. The van der Waals surface area contributed by atoms with Gasteiger partial charge in [-0.3, -0.25) is 4.79 Å². The molecule has 24 heavy (non-hydrogen) atoms. The largest absolute Gasteiger partial charge is 0.493 e. The fraction of sp³-hybridized carbons (Fsp3) is 0.412. The highest BCUT2D eigenvalue weighted by molar-refractivity contribution is 7.11. The molecule has 0 atom stereocenters. The Balaban J connectivity index is 2.10. The molecule has 130 valence electrons. The van der Waals surface area contributed by atoms with Crippen molar-refractivity contribution in [3.05, 3.63) is 33.3 Å². The summed E-state index contributed by atoms with van der Waals surface area (Å²) in [6.07, 6.45) is 0.749. The van der Waals surface area contributed by atoms with E-state index in [-0.39, 0.29) is 5.91 Å². The number of amides is 1. The van der Waals surface area contributed by atoms with Crippen LogP contribution >= 0.6 is 11.3 Å². The highest BCUT2D eigenvalue weighted by atomic mass is 32.1. The Morgan fingerprint density at radius 2 is 1.83 bits per heavy atom. The zero-order chi connectivity index (χ0) is 17.7. The van der Waals surface area contributed by atoms with Crippen LogP contribution in [0.2, 0.25) is 0 Å². The van der Waals surface area contributed by atoms with Crippen LogP contribution in [0.1, 0.15) is 25.9 Å². The second-order valence-corrected chi connectivity index (χ2v) is 6.42. The molecule has 0 aliphatic carbocycles. The maximum atomic E-state index is 12.5. The van der Waals surface area contributed by atoms with E-state index in [1.165, 1.54) is 26.2 Å². The molecule has 0 radical (unpaired) electrons. The highest BCUT2D eigenvalue weighted by Gasteiger charge is 2.20. The molecule has 0 saturated carbocycles. The van der Waals surface area contributed by atoms with Crippen molar-refractivity contribution in [1.82, 2.24) is 10.3 Å². The van der Waals surface area contributed by atoms with Crippen LogP contribution in [0, 0.1) is 13.8 Å². The molecule has 1 aromatic carbocycles. The van der Waals surface area contributed by atoms with Crippen LogP contribution in [0.4, 0.5) is 0 Å². The average molecular weight is 350 g/mol. The van der Waals surface area contributed by atoms with Crippen molar-refractivity contribution >= 4 is 17.2 Å². The molecule has 0 aliphatic rings. The second kappa shape index (κ2) is 8.01. The Hall–Kier alpha value is -2.28. The number of carbonyl (C=O) groups is 1. The fourth-order valence-corrected chi connectivity index (χ4v) is 3.41. The van der Waals surface area contributed by atoms with Crippen LogP contribution in [0.5, 0.6) is 17.2 Å². The van der Waals surface area contributed by atoms with Gasteiger partial charge in [-0.1, -0.05) is 0 Å². The molecular weight excluding hydrogens is 328 g/mol. The van der Waals surface area contributed by atoms with E-state index in [1.54, 1.807) is 23.5 Å². The number of hydrogen-bond acceptors (Lipinski definition) is 6. The summed E-state index contributed by atoms with van der Waals surface area (Å²) in [6.45, 7) is 4.49. The van der Waals surface area contributed by atoms with Gasteiger partial charge in [0.05, 0.1) is 37.6 Å². The molecule has 1 heterocycles. The van der Waals surface area contributed by atoms with Crippen molar-refractivity contribution in [3.8, 4) is 17.2 Å². The van der Waals surface area contributed by atoms with E-state index >= 15 is 0 Å². The van der Waals surface area contributed by atoms with Crippen molar-refractivity contribution in [2.45, 2.75) is 20.3 Å². The quantitative estimate of drug-likeness (QED) is 0.831. The zero-order valence-corrected chi connectivity index (χ0v) is 15.4. The molecule has 0 bridgehead atoms. The van der Waals surface area contributed by atoms with Gasteiger partial charge < -0.3 is 19.5 Å². The van der Waals surface area contributed by atoms with Gasteiger partial charge in [-0.15, -0.1) is 11.3 Å². The monoisotopic (exact) mass is 350 g/mol. The van der Waals surface area contributed by atoms with Gasteiger partial charge in [-0.05, 0) is 26.0 Å². The maximum absolute atomic E-state index is 12.5. The molecule has 2 rings (SSSR count). The van der Waals surface area contributed by atoms with Crippen LogP contribution in [0.15, 0.2) is 12.1 Å². The number of aromatic nitrogens is 1. The average Bonchev–Trinajstić information content (AvgIpc) is 2.90. The Labute approximate surface area is 145 Å². The maximum Gasteiger partial charge on any atom is 0.255 e. The Morgan fingerprint density at radius 1 is 1.12 bits per heavy atom. The van der Waals surface area contributed by atoms with Gasteiger partial charge in [-0.2, -0.15) is 0 Å². The first kappa shape index (κ1) is 18.1. The smallest absolute Gasteiger partial charge is 0.255 e. The molecule has 1 N–H and O–H groups in total. The minimum Gasteiger partial charge on any atom is -0.493 e. The molecule has 0 aliphatic heterocycles.